The van der Waals surface area contributed by atoms with Crippen molar-refractivity contribution in [1.29, 1.82) is 0 Å². The molecular weight excluding hydrogens is 268 g/mol. The van der Waals surface area contributed by atoms with Gasteiger partial charge in [-0.2, -0.15) is 0 Å². The first-order chi connectivity index (χ1) is 9.06. The Bertz CT molecular complexity index is 506. The first-order valence-electron chi connectivity index (χ1n) is 5.54. The highest BCUT2D eigenvalue weighted by Gasteiger charge is 2.05. The molecule has 0 saturated heterocycles. The number of carbonyl (C=O) groups is 1. The zero-order valence-corrected chi connectivity index (χ0v) is 11.5. The molecule has 0 radical (unpaired) electrons. The fourth-order valence-electron chi connectivity index (χ4n) is 1.30. The summed E-state index contributed by atoms with van der Waals surface area (Å²) in [5.41, 5.74) is 3.03. The smallest absolute Gasteiger partial charge is 0.328 e. The molecule has 0 spiro atoms. The van der Waals surface area contributed by atoms with Crippen molar-refractivity contribution < 1.29 is 19.4 Å². The third-order valence-electron chi connectivity index (χ3n) is 2.25. The van der Waals surface area contributed by atoms with E-state index in [2.05, 4.69) is 0 Å². The molecule has 0 aromatic heterocycles. The number of hydrogen-bond donors (Lipinski definition) is 1. The summed E-state index contributed by atoms with van der Waals surface area (Å²) in [6.07, 6.45) is 2.55. The van der Waals surface area contributed by atoms with Gasteiger partial charge in [-0.05, 0) is 36.3 Å². The van der Waals surface area contributed by atoms with E-state index in [0.29, 0.717) is 23.7 Å². The Morgan fingerprint density at radius 2 is 2.16 bits per heavy atom. The van der Waals surface area contributed by atoms with Gasteiger partial charge >= 0.3 is 5.97 Å². The molecule has 1 N–H and O–H groups in total. The third-order valence-corrected chi connectivity index (χ3v) is 2.62. The van der Waals surface area contributed by atoms with Gasteiger partial charge in [-0.15, -0.1) is 0 Å². The van der Waals surface area contributed by atoms with E-state index in [1.165, 1.54) is 11.6 Å². The molecule has 0 heterocycles. The quantitative estimate of drug-likeness (QED) is 0.813. The molecule has 0 aliphatic carbocycles. The number of benzene rings is 1. The number of carboxylic acids is 1. The average molecular weight is 283 g/mol. The minimum Gasteiger partial charge on any atom is -0.493 e. The van der Waals surface area contributed by atoms with Crippen LogP contribution in [0, 0.1) is 0 Å². The zero-order chi connectivity index (χ0) is 14.3. The van der Waals surface area contributed by atoms with Crippen LogP contribution in [0.5, 0.6) is 11.5 Å². The summed E-state index contributed by atoms with van der Waals surface area (Å²) in [6.45, 7) is 2.18. The summed E-state index contributed by atoms with van der Waals surface area (Å²) in [5.74, 6) is 0.113. The molecule has 0 saturated carbocycles. The molecule has 0 amide bonds. The van der Waals surface area contributed by atoms with E-state index >= 15 is 0 Å². The number of methoxy groups -OCH3 is 1. The van der Waals surface area contributed by atoms with Gasteiger partial charge in [-0.3, -0.25) is 0 Å². The number of hydrogen-bond acceptors (Lipinski definition) is 3. The van der Waals surface area contributed by atoms with Crippen LogP contribution in [0.4, 0.5) is 0 Å². The van der Waals surface area contributed by atoms with E-state index in [0.717, 1.165) is 11.6 Å². The highest BCUT2D eigenvalue weighted by atomic mass is 35.5. The van der Waals surface area contributed by atoms with Crippen molar-refractivity contribution in [3.05, 3.63) is 40.9 Å². The highest BCUT2D eigenvalue weighted by Crippen LogP contribution is 2.29. The van der Waals surface area contributed by atoms with Gasteiger partial charge in [0.2, 0.25) is 0 Å². The first kappa shape index (κ1) is 15.1. The molecule has 0 fully saturated rings. The topological polar surface area (TPSA) is 55.8 Å². The van der Waals surface area contributed by atoms with Crippen LogP contribution in [0.25, 0.3) is 6.08 Å². The molecule has 1 aromatic carbocycles. The molecule has 19 heavy (non-hydrogen) atoms. The van der Waals surface area contributed by atoms with Crippen molar-refractivity contribution in [3.8, 4) is 11.5 Å². The van der Waals surface area contributed by atoms with Crippen LogP contribution in [-0.2, 0) is 4.79 Å². The Hall–Kier alpha value is -1.94. The largest absolute Gasteiger partial charge is 0.493 e. The molecule has 1 aromatic rings. The molecule has 0 atom stereocenters. The van der Waals surface area contributed by atoms with Gasteiger partial charge in [0.25, 0.3) is 0 Å². The second-order valence-electron chi connectivity index (χ2n) is 3.83. The minimum atomic E-state index is -1.00. The number of carboxylic acid groups (broad SMARTS) is 1. The van der Waals surface area contributed by atoms with Gasteiger partial charge in [-0.25, -0.2) is 4.79 Å². The summed E-state index contributed by atoms with van der Waals surface area (Å²) in [5, 5.41) is 8.59. The maximum atomic E-state index is 10.5. The Morgan fingerprint density at radius 1 is 1.42 bits per heavy atom. The molecule has 102 valence electrons. The second kappa shape index (κ2) is 7.48. The van der Waals surface area contributed by atoms with Gasteiger partial charge in [-0.1, -0.05) is 17.7 Å². The van der Waals surface area contributed by atoms with E-state index in [4.69, 9.17) is 26.2 Å². The lowest BCUT2D eigenvalue weighted by atomic mass is 10.2. The first-order valence-corrected chi connectivity index (χ1v) is 5.98. The maximum Gasteiger partial charge on any atom is 0.328 e. The van der Waals surface area contributed by atoms with Crippen LogP contribution < -0.4 is 9.47 Å². The molecule has 1 rings (SSSR count). The van der Waals surface area contributed by atoms with Crippen molar-refractivity contribution in [2.24, 2.45) is 0 Å². The monoisotopic (exact) mass is 282 g/mol. The Kier molecular flexibility index (Phi) is 5.96. The SMILES string of the molecule is COc1ccc(/C=C/C(=O)O)cc1OC/C(C)=C/Cl. The van der Waals surface area contributed by atoms with Crippen molar-refractivity contribution in [3.63, 3.8) is 0 Å². The maximum absolute atomic E-state index is 10.5. The fraction of sp³-hybridized carbons (Fsp3) is 0.214. The molecule has 5 heteroatoms. The summed E-state index contributed by atoms with van der Waals surface area (Å²) in [7, 11) is 1.54. The number of halogens is 1. The summed E-state index contributed by atoms with van der Waals surface area (Å²) in [4.78, 5) is 10.5. The van der Waals surface area contributed by atoms with E-state index in [1.807, 2.05) is 6.92 Å². The van der Waals surface area contributed by atoms with Gasteiger partial charge in [0.1, 0.15) is 6.61 Å². The van der Waals surface area contributed by atoms with Gasteiger partial charge in [0.15, 0.2) is 11.5 Å². The van der Waals surface area contributed by atoms with Crippen molar-refractivity contribution >= 4 is 23.6 Å². The zero-order valence-electron chi connectivity index (χ0n) is 10.7. The van der Waals surface area contributed by atoms with E-state index in [1.54, 1.807) is 25.3 Å². The van der Waals surface area contributed by atoms with E-state index < -0.39 is 5.97 Å². The molecule has 4 nitrogen and oxygen atoms in total. The Labute approximate surface area is 116 Å². The van der Waals surface area contributed by atoms with E-state index in [9.17, 15) is 4.79 Å². The summed E-state index contributed by atoms with van der Waals surface area (Å²) < 4.78 is 10.7. The molecule has 0 bridgehead atoms. The average Bonchev–Trinajstić information content (AvgIpc) is 2.42. The lowest BCUT2D eigenvalue weighted by molar-refractivity contribution is -0.131. The number of ether oxygens (including phenoxy) is 2. The fourth-order valence-corrected chi connectivity index (χ4v) is 1.36. The van der Waals surface area contributed by atoms with Crippen molar-refractivity contribution in [1.82, 2.24) is 0 Å². The standard InChI is InChI=1S/C14H15ClO4/c1-10(8-15)9-19-13-7-11(4-6-14(16)17)3-5-12(13)18-2/h3-8H,9H2,1-2H3,(H,16,17)/b6-4+,10-8+. The predicted molar refractivity (Wildman–Crippen MR) is 74.8 cm³/mol. The van der Waals surface area contributed by atoms with Crippen LogP contribution in [-0.4, -0.2) is 24.8 Å². The highest BCUT2D eigenvalue weighted by molar-refractivity contribution is 6.25. The van der Waals surface area contributed by atoms with Crippen LogP contribution in [0.1, 0.15) is 12.5 Å². The van der Waals surface area contributed by atoms with Crippen LogP contribution >= 0.6 is 11.6 Å². The lowest BCUT2D eigenvalue weighted by Gasteiger charge is -2.11. The molecular formula is C14H15ClO4. The molecule has 0 unspecified atom stereocenters. The second-order valence-corrected chi connectivity index (χ2v) is 4.04. The Morgan fingerprint density at radius 3 is 2.74 bits per heavy atom. The van der Waals surface area contributed by atoms with Crippen molar-refractivity contribution in [2.75, 3.05) is 13.7 Å². The van der Waals surface area contributed by atoms with Crippen LogP contribution in [0.15, 0.2) is 35.4 Å². The van der Waals surface area contributed by atoms with E-state index in [-0.39, 0.29) is 0 Å². The van der Waals surface area contributed by atoms with Crippen molar-refractivity contribution in [2.45, 2.75) is 6.92 Å². The Balaban J connectivity index is 2.92. The molecule has 0 aliphatic heterocycles. The number of rotatable bonds is 6. The van der Waals surface area contributed by atoms with Crippen LogP contribution in [0.2, 0.25) is 0 Å². The van der Waals surface area contributed by atoms with Gasteiger partial charge in [0, 0.05) is 11.6 Å². The number of aliphatic carboxylic acids is 1. The van der Waals surface area contributed by atoms with Crippen LogP contribution in [0.3, 0.4) is 0 Å². The van der Waals surface area contributed by atoms with Gasteiger partial charge < -0.3 is 14.6 Å². The minimum absolute atomic E-state index is 0.339. The van der Waals surface area contributed by atoms with Gasteiger partial charge in [0.05, 0.1) is 7.11 Å². The molecule has 0 aliphatic rings. The lowest BCUT2D eigenvalue weighted by Crippen LogP contribution is -2.00. The normalized spacial score (nSPS) is 11.6. The third kappa shape index (κ3) is 5.06. The summed E-state index contributed by atoms with van der Waals surface area (Å²) in [6, 6.07) is 5.17. The summed E-state index contributed by atoms with van der Waals surface area (Å²) >= 11 is 5.56. The predicted octanol–water partition coefficient (Wildman–Crippen LogP) is 3.31.